The first-order chi connectivity index (χ1) is 9.70. The van der Waals surface area contributed by atoms with Gasteiger partial charge in [0.25, 0.3) is 0 Å². The summed E-state index contributed by atoms with van der Waals surface area (Å²) in [6.07, 6.45) is 0.918. The Bertz CT molecular complexity index is 643. The third-order valence-electron chi connectivity index (χ3n) is 4.20. The molecule has 0 saturated carbocycles. The zero-order valence-electron chi connectivity index (χ0n) is 14.0. The summed E-state index contributed by atoms with van der Waals surface area (Å²) in [6, 6.07) is 9.84. The van der Waals surface area contributed by atoms with Crippen molar-refractivity contribution >= 4 is 0 Å². The van der Waals surface area contributed by atoms with E-state index in [9.17, 15) is 5.11 Å². The van der Waals surface area contributed by atoms with Crippen LogP contribution in [0.25, 0.3) is 0 Å². The van der Waals surface area contributed by atoms with E-state index >= 15 is 0 Å². The van der Waals surface area contributed by atoms with E-state index < -0.39 is 0 Å². The Labute approximate surface area is 128 Å². The molecule has 0 saturated heterocycles. The predicted molar refractivity (Wildman–Crippen MR) is 90.3 cm³/mol. The molecule has 0 amide bonds. The van der Waals surface area contributed by atoms with E-state index in [0.717, 1.165) is 6.42 Å². The van der Waals surface area contributed by atoms with Crippen molar-refractivity contribution in [3.8, 4) is 5.75 Å². The van der Waals surface area contributed by atoms with Gasteiger partial charge in [-0.15, -0.1) is 0 Å². The molecule has 0 fully saturated rings. The van der Waals surface area contributed by atoms with Crippen molar-refractivity contribution in [3.05, 3.63) is 63.7 Å². The minimum atomic E-state index is 0.158. The van der Waals surface area contributed by atoms with Crippen LogP contribution in [0.15, 0.2) is 30.3 Å². The monoisotopic (exact) mass is 282 g/mol. The largest absolute Gasteiger partial charge is 0.508 e. The molecular formula is C20H26O. The maximum absolute atomic E-state index is 9.42. The molecule has 0 atom stereocenters. The van der Waals surface area contributed by atoms with Crippen LogP contribution in [0.2, 0.25) is 0 Å². The molecule has 1 heteroatoms. The van der Waals surface area contributed by atoms with Crippen LogP contribution in [0.5, 0.6) is 5.75 Å². The molecule has 2 rings (SSSR count). The van der Waals surface area contributed by atoms with Crippen LogP contribution in [-0.2, 0) is 11.8 Å². The van der Waals surface area contributed by atoms with E-state index in [1.807, 2.05) is 12.1 Å². The summed E-state index contributed by atoms with van der Waals surface area (Å²) >= 11 is 0. The van der Waals surface area contributed by atoms with Crippen molar-refractivity contribution in [1.29, 1.82) is 0 Å². The van der Waals surface area contributed by atoms with Gasteiger partial charge in [-0.3, -0.25) is 0 Å². The number of aryl methyl sites for hydroxylation is 2. The third-order valence-corrected chi connectivity index (χ3v) is 4.20. The van der Waals surface area contributed by atoms with E-state index in [0.29, 0.717) is 5.75 Å². The topological polar surface area (TPSA) is 20.2 Å². The van der Waals surface area contributed by atoms with Crippen molar-refractivity contribution in [2.45, 2.75) is 53.4 Å². The minimum absolute atomic E-state index is 0.158. The number of hydrogen-bond donors (Lipinski definition) is 1. The molecule has 1 N–H and O–H groups in total. The minimum Gasteiger partial charge on any atom is -0.508 e. The molecule has 0 aliphatic rings. The molecule has 0 spiro atoms. The zero-order chi connectivity index (χ0) is 15.8. The lowest BCUT2D eigenvalue weighted by molar-refractivity contribution is 0.475. The fraction of sp³-hybridized carbons (Fsp3) is 0.400. The van der Waals surface area contributed by atoms with Gasteiger partial charge in [-0.05, 0) is 78.1 Å². The quantitative estimate of drug-likeness (QED) is 0.802. The first-order valence-electron chi connectivity index (χ1n) is 7.58. The van der Waals surface area contributed by atoms with Crippen LogP contribution < -0.4 is 0 Å². The van der Waals surface area contributed by atoms with Gasteiger partial charge in [0.05, 0.1) is 0 Å². The van der Waals surface area contributed by atoms with Gasteiger partial charge in [0.1, 0.15) is 5.75 Å². The highest BCUT2D eigenvalue weighted by molar-refractivity contribution is 5.49. The predicted octanol–water partition coefficient (Wildman–Crippen LogP) is 5.21. The van der Waals surface area contributed by atoms with Crippen molar-refractivity contribution in [2.24, 2.45) is 0 Å². The molecule has 0 aromatic heterocycles. The molecule has 2 aromatic rings. The molecule has 2 aromatic carbocycles. The average Bonchev–Trinajstić information content (AvgIpc) is 2.34. The summed E-state index contributed by atoms with van der Waals surface area (Å²) in [7, 11) is 0. The second-order valence-corrected chi connectivity index (χ2v) is 7.08. The van der Waals surface area contributed by atoms with Gasteiger partial charge in [-0.2, -0.15) is 0 Å². The summed E-state index contributed by atoms with van der Waals surface area (Å²) in [4.78, 5) is 0. The molecule has 0 radical (unpaired) electrons. The second-order valence-electron chi connectivity index (χ2n) is 7.08. The molecule has 0 heterocycles. The highest BCUT2D eigenvalue weighted by Gasteiger charge is 2.21. The zero-order valence-corrected chi connectivity index (χ0v) is 14.0. The molecule has 1 nitrogen and oxygen atoms in total. The van der Waals surface area contributed by atoms with Crippen LogP contribution in [-0.4, -0.2) is 5.11 Å². The number of aromatic hydroxyl groups is 1. The first-order valence-corrected chi connectivity index (χ1v) is 7.58. The van der Waals surface area contributed by atoms with Crippen LogP contribution >= 0.6 is 0 Å². The fourth-order valence-corrected chi connectivity index (χ4v) is 3.47. The summed E-state index contributed by atoms with van der Waals surface area (Å²) < 4.78 is 0. The van der Waals surface area contributed by atoms with E-state index in [1.165, 1.54) is 33.4 Å². The summed E-state index contributed by atoms with van der Waals surface area (Å²) in [5.41, 5.74) is 8.41. The summed E-state index contributed by atoms with van der Waals surface area (Å²) in [5, 5.41) is 9.42. The number of hydrogen-bond acceptors (Lipinski definition) is 1. The second kappa shape index (κ2) is 5.55. The average molecular weight is 282 g/mol. The Morgan fingerprint density at radius 2 is 1.48 bits per heavy atom. The number of phenols is 1. The lowest BCUT2D eigenvalue weighted by Crippen LogP contribution is -2.17. The van der Waals surface area contributed by atoms with Gasteiger partial charge in [-0.25, -0.2) is 0 Å². The summed E-state index contributed by atoms with van der Waals surface area (Å²) in [6.45, 7) is 13.5. The Hall–Kier alpha value is -1.76. The van der Waals surface area contributed by atoms with Crippen LogP contribution in [0.1, 0.15) is 54.2 Å². The van der Waals surface area contributed by atoms with Gasteiger partial charge >= 0.3 is 0 Å². The SMILES string of the molecule is Cc1cc(C)c(C(C)(C)C)c(C)c1Cc1ccc(O)cc1. The maximum atomic E-state index is 9.42. The van der Waals surface area contributed by atoms with Crippen molar-refractivity contribution in [2.75, 3.05) is 0 Å². The lowest BCUT2D eigenvalue weighted by atomic mass is 9.78. The molecule has 0 unspecified atom stereocenters. The normalized spacial score (nSPS) is 11.7. The van der Waals surface area contributed by atoms with E-state index in [2.05, 4.69) is 47.6 Å². The van der Waals surface area contributed by atoms with E-state index in [1.54, 1.807) is 12.1 Å². The van der Waals surface area contributed by atoms with Crippen LogP contribution in [0, 0.1) is 20.8 Å². The molecule has 0 bridgehead atoms. The van der Waals surface area contributed by atoms with Gasteiger partial charge < -0.3 is 5.11 Å². The number of rotatable bonds is 2. The summed E-state index contributed by atoms with van der Waals surface area (Å²) in [5.74, 6) is 0.325. The highest BCUT2D eigenvalue weighted by atomic mass is 16.3. The molecule has 0 aliphatic carbocycles. The van der Waals surface area contributed by atoms with Crippen molar-refractivity contribution in [3.63, 3.8) is 0 Å². The number of phenolic OH excluding ortho intramolecular Hbond substituents is 1. The molecule has 112 valence electrons. The van der Waals surface area contributed by atoms with Gasteiger partial charge in [0, 0.05) is 0 Å². The standard InChI is InChI=1S/C20H26O/c1-13-11-14(2)19(20(4,5)6)15(3)18(13)12-16-7-9-17(21)10-8-16/h7-11,21H,12H2,1-6H3. The van der Waals surface area contributed by atoms with Crippen LogP contribution in [0.4, 0.5) is 0 Å². The Kier molecular flexibility index (Phi) is 4.13. The Morgan fingerprint density at radius 3 is 2.00 bits per heavy atom. The van der Waals surface area contributed by atoms with Crippen molar-refractivity contribution in [1.82, 2.24) is 0 Å². The maximum Gasteiger partial charge on any atom is 0.115 e. The first kappa shape index (κ1) is 15.6. The Morgan fingerprint density at radius 1 is 0.905 bits per heavy atom. The van der Waals surface area contributed by atoms with Crippen LogP contribution in [0.3, 0.4) is 0 Å². The molecule has 0 aliphatic heterocycles. The van der Waals surface area contributed by atoms with E-state index in [4.69, 9.17) is 0 Å². The van der Waals surface area contributed by atoms with Gasteiger partial charge in [0.2, 0.25) is 0 Å². The fourth-order valence-electron chi connectivity index (χ4n) is 3.47. The molecule has 21 heavy (non-hydrogen) atoms. The van der Waals surface area contributed by atoms with Crippen molar-refractivity contribution < 1.29 is 5.11 Å². The molecular weight excluding hydrogens is 256 g/mol. The number of benzene rings is 2. The highest BCUT2D eigenvalue weighted by Crippen LogP contribution is 2.33. The van der Waals surface area contributed by atoms with E-state index in [-0.39, 0.29) is 5.41 Å². The van der Waals surface area contributed by atoms with Gasteiger partial charge in [0.15, 0.2) is 0 Å². The third kappa shape index (κ3) is 3.29. The smallest absolute Gasteiger partial charge is 0.115 e. The Balaban J connectivity index is 2.51. The van der Waals surface area contributed by atoms with Gasteiger partial charge in [-0.1, -0.05) is 39.0 Å². The lowest BCUT2D eigenvalue weighted by Gasteiger charge is -2.27.